The monoisotopic (exact) mass is 360 g/mol. The maximum absolute atomic E-state index is 13.0. The molecule has 0 bridgehead atoms. The van der Waals surface area contributed by atoms with Crippen molar-refractivity contribution in [2.45, 2.75) is 19.9 Å². The predicted molar refractivity (Wildman–Crippen MR) is 97.1 cm³/mol. The summed E-state index contributed by atoms with van der Waals surface area (Å²) in [7, 11) is 0. The SMILES string of the molecule is CCOC(=O)N1CCN([C@@H](C)C(=O)N2CC(=O)Nc3ccccc32)CC1. The molecule has 3 amide bonds. The average Bonchev–Trinajstić information content (AvgIpc) is 2.66. The van der Waals surface area contributed by atoms with Gasteiger partial charge in [0.2, 0.25) is 11.8 Å². The van der Waals surface area contributed by atoms with Crippen molar-refractivity contribution in [3.05, 3.63) is 24.3 Å². The van der Waals surface area contributed by atoms with Crippen LogP contribution < -0.4 is 10.2 Å². The van der Waals surface area contributed by atoms with Gasteiger partial charge >= 0.3 is 6.09 Å². The van der Waals surface area contributed by atoms with Crippen molar-refractivity contribution in [3.8, 4) is 0 Å². The molecule has 8 nitrogen and oxygen atoms in total. The van der Waals surface area contributed by atoms with E-state index in [-0.39, 0.29) is 30.5 Å². The zero-order valence-electron chi connectivity index (χ0n) is 15.1. The van der Waals surface area contributed by atoms with Gasteiger partial charge in [-0.2, -0.15) is 0 Å². The van der Waals surface area contributed by atoms with Crippen LogP contribution in [0.15, 0.2) is 24.3 Å². The van der Waals surface area contributed by atoms with Gasteiger partial charge < -0.3 is 15.0 Å². The van der Waals surface area contributed by atoms with Crippen LogP contribution in [0, 0.1) is 0 Å². The lowest BCUT2D eigenvalue weighted by Crippen LogP contribution is -2.57. The molecule has 1 aromatic rings. The average molecular weight is 360 g/mol. The number of carbonyl (C=O) groups is 3. The number of para-hydroxylation sites is 2. The molecule has 0 spiro atoms. The number of ether oxygens (including phenoxy) is 1. The van der Waals surface area contributed by atoms with Gasteiger partial charge in [-0.15, -0.1) is 0 Å². The number of piperazine rings is 1. The van der Waals surface area contributed by atoms with Gasteiger partial charge in [0.15, 0.2) is 0 Å². The second kappa shape index (κ2) is 7.74. The maximum atomic E-state index is 13.0. The highest BCUT2D eigenvalue weighted by atomic mass is 16.6. The molecule has 140 valence electrons. The number of rotatable bonds is 3. The zero-order valence-corrected chi connectivity index (χ0v) is 15.1. The molecule has 2 aliphatic heterocycles. The summed E-state index contributed by atoms with van der Waals surface area (Å²) in [6, 6.07) is 6.91. The van der Waals surface area contributed by atoms with E-state index in [4.69, 9.17) is 4.74 Å². The summed E-state index contributed by atoms with van der Waals surface area (Å²) in [6.45, 7) is 6.22. The van der Waals surface area contributed by atoms with Crippen molar-refractivity contribution < 1.29 is 19.1 Å². The molecule has 1 saturated heterocycles. The number of nitrogens with zero attached hydrogens (tertiary/aromatic N) is 3. The van der Waals surface area contributed by atoms with E-state index in [0.717, 1.165) is 0 Å². The molecule has 0 aliphatic carbocycles. The van der Waals surface area contributed by atoms with E-state index >= 15 is 0 Å². The van der Waals surface area contributed by atoms with Crippen LogP contribution in [-0.4, -0.2) is 73.1 Å². The first-order valence-electron chi connectivity index (χ1n) is 8.87. The number of carbonyl (C=O) groups excluding carboxylic acids is 3. The van der Waals surface area contributed by atoms with Crippen molar-refractivity contribution in [1.29, 1.82) is 0 Å². The van der Waals surface area contributed by atoms with E-state index in [1.807, 2.05) is 30.0 Å². The van der Waals surface area contributed by atoms with Crippen molar-refractivity contribution >= 4 is 29.3 Å². The third-order valence-electron chi connectivity index (χ3n) is 4.78. The quantitative estimate of drug-likeness (QED) is 0.874. The summed E-state index contributed by atoms with van der Waals surface area (Å²) in [5.74, 6) is -0.312. The van der Waals surface area contributed by atoms with Crippen LogP contribution in [0.25, 0.3) is 0 Å². The normalized spacial score (nSPS) is 18.8. The number of fused-ring (bicyclic) bond motifs is 1. The summed E-state index contributed by atoms with van der Waals surface area (Å²) >= 11 is 0. The van der Waals surface area contributed by atoms with Crippen LogP contribution in [0.3, 0.4) is 0 Å². The van der Waals surface area contributed by atoms with E-state index in [1.165, 1.54) is 4.90 Å². The Bertz CT molecular complexity index is 700. The van der Waals surface area contributed by atoms with Crippen molar-refractivity contribution in [3.63, 3.8) is 0 Å². The Hall–Kier alpha value is -2.61. The molecule has 0 aromatic heterocycles. The Balaban J connectivity index is 1.66. The van der Waals surface area contributed by atoms with E-state index in [0.29, 0.717) is 44.2 Å². The lowest BCUT2D eigenvalue weighted by Gasteiger charge is -2.39. The lowest BCUT2D eigenvalue weighted by atomic mass is 10.1. The second-order valence-corrected chi connectivity index (χ2v) is 6.39. The topological polar surface area (TPSA) is 82.2 Å². The van der Waals surface area contributed by atoms with Gasteiger partial charge in [-0.05, 0) is 26.0 Å². The van der Waals surface area contributed by atoms with Crippen molar-refractivity contribution in [2.75, 3.05) is 49.5 Å². The van der Waals surface area contributed by atoms with E-state index in [1.54, 1.807) is 17.9 Å². The summed E-state index contributed by atoms with van der Waals surface area (Å²) < 4.78 is 5.02. The van der Waals surface area contributed by atoms with E-state index in [2.05, 4.69) is 5.32 Å². The molecule has 1 atom stereocenters. The number of hydrogen-bond acceptors (Lipinski definition) is 5. The fraction of sp³-hybridized carbons (Fsp3) is 0.500. The molecular formula is C18H24N4O4. The van der Waals surface area contributed by atoms with Gasteiger partial charge in [0.25, 0.3) is 0 Å². The number of amides is 3. The number of benzene rings is 1. The van der Waals surface area contributed by atoms with Crippen LogP contribution in [0.4, 0.5) is 16.2 Å². The van der Waals surface area contributed by atoms with Gasteiger partial charge in [0, 0.05) is 26.2 Å². The van der Waals surface area contributed by atoms with Crippen LogP contribution in [0.2, 0.25) is 0 Å². The van der Waals surface area contributed by atoms with Crippen molar-refractivity contribution in [2.24, 2.45) is 0 Å². The summed E-state index contributed by atoms with van der Waals surface area (Å²) in [4.78, 5) is 42.0. The first kappa shape index (κ1) is 18.2. The second-order valence-electron chi connectivity index (χ2n) is 6.39. The molecule has 3 rings (SSSR count). The minimum atomic E-state index is -0.377. The zero-order chi connectivity index (χ0) is 18.7. The first-order chi connectivity index (χ1) is 12.5. The molecule has 26 heavy (non-hydrogen) atoms. The molecule has 0 saturated carbocycles. The minimum absolute atomic E-state index is 0.0168. The van der Waals surface area contributed by atoms with Gasteiger partial charge in [0.05, 0.1) is 24.0 Å². The fourth-order valence-electron chi connectivity index (χ4n) is 3.32. The van der Waals surface area contributed by atoms with Crippen LogP contribution in [-0.2, 0) is 14.3 Å². The highest BCUT2D eigenvalue weighted by Gasteiger charge is 2.34. The Labute approximate surface area is 152 Å². The minimum Gasteiger partial charge on any atom is -0.450 e. The number of hydrogen-bond donors (Lipinski definition) is 1. The lowest BCUT2D eigenvalue weighted by molar-refractivity contribution is -0.125. The third kappa shape index (κ3) is 3.65. The Morgan fingerprint density at radius 1 is 1.19 bits per heavy atom. The smallest absolute Gasteiger partial charge is 0.409 e. The Morgan fingerprint density at radius 2 is 1.88 bits per heavy atom. The van der Waals surface area contributed by atoms with Gasteiger partial charge in [0.1, 0.15) is 6.54 Å². The van der Waals surface area contributed by atoms with E-state index < -0.39 is 0 Å². The number of nitrogens with one attached hydrogen (secondary N) is 1. The van der Waals surface area contributed by atoms with Gasteiger partial charge in [-0.3, -0.25) is 19.4 Å². The largest absolute Gasteiger partial charge is 0.450 e. The molecule has 0 unspecified atom stereocenters. The Kier molecular flexibility index (Phi) is 5.41. The van der Waals surface area contributed by atoms with Gasteiger partial charge in [-0.1, -0.05) is 12.1 Å². The molecule has 0 radical (unpaired) electrons. The highest BCUT2D eigenvalue weighted by Crippen LogP contribution is 2.29. The molecule has 1 aromatic carbocycles. The Morgan fingerprint density at radius 3 is 2.58 bits per heavy atom. The molecule has 2 aliphatic rings. The molecule has 8 heteroatoms. The molecule has 2 heterocycles. The summed E-state index contributed by atoms with van der Waals surface area (Å²) in [5, 5.41) is 2.79. The van der Waals surface area contributed by atoms with Crippen molar-refractivity contribution in [1.82, 2.24) is 9.80 Å². The molecular weight excluding hydrogens is 336 g/mol. The predicted octanol–water partition coefficient (Wildman–Crippen LogP) is 1.13. The highest BCUT2D eigenvalue weighted by molar-refractivity contribution is 6.11. The summed E-state index contributed by atoms with van der Waals surface area (Å²) in [6.07, 6.45) is -0.312. The third-order valence-corrected chi connectivity index (χ3v) is 4.78. The molecule has 1 fully saturated rings. The van der Waals surface area contributed by atoms with Gasteiger partial charge in [-0.25, -0.2) is 4.79 Å². The van der Waals surface area contributed by atoms with Crippen LogP contribution >= 0.6 is 0 Å². The van der Waals surface area contributed by atoms with E-state index in [9.17, 15) is 14.4 Å². The fourth-order valence-corrected chi connectivity index (χ4v) is 3.32. The van der Waals surface area contributed by atoms with Crippen LogP contribution in [0.1, 0.15) is 13.8 Å². The van der Waals surface area contributed by atoms with Crippen LogP contribution in [0.5, 0.6) is 0 Å². The first-order valence-corrected chi connectivity index (χ1v) is 8.87. The molecule has 1 N–H and O–H groups in total. The maximum Gasteiger partial charge on any atom is 0.409 e. The summed E-state index contributed by atoms with van der Waals surface area (Å²) in [5.41, 5.74) is 1.37. The number of anilines is 2. The standard InChI is InChI=1S/C18H24N4O4/c1-3-26-18(25)21-10-8-20(9-11-21)13(2)17(24)22-12-16(23)19-14-6-4-5-7-15(14)22/h4-7,13H,3,8-12H2,1-2H3,(H,19,23)/t13-/m0/s1.